The molecule has 9 unspecified atom stereocenters. The summed E-state index contributed by atoms with van der Waals surface area (Å²) in [6, 6.07) is -1.18. The number of rotatable bonds is 55. The van der Waals surface area contributed by atoms with Crippen LogP contribution in [0.5, 0.6) is 0 Å². The van der Waals surface area contributed by atoms with Gasteiger partial charge in [0.1, 0.15) is 36.6 Å². The van der Waals surface area contributed by atoms with Gasteiger partial charge in [-0.2, -0.15) is 0 Å². The zero-order valence-electron chi connectivity index (χ0n) is 47.6. The van der Waals surface area contributed by atoms with Crippen LogP contribution in [0.1, 0.15) is 309 Å². The topological polar surface area (TPSA) is 189 Å². The van der Waals surface area contributed by atoms with E-state index in [4.69, 9.17) is 9.47 Å². The number of ether oxygens (including phenoxy) is 2. The molecule has 1 aliphatic rings. The standard InChI is InChI=1S/C62H121NO10/c1-3-5-7-9-11-13-15-17-19-21-22-23-24-25-26-27-28-29-30-31-32-34-36-38-40-42-44-46-48-50-55(66)61(71)63-53(52-72-62-60(70)59(69)58(68)56(51-64)73-62)57(67)54(65)49-47-45-43-41-39-37-35-33-20-18-16-14-12-10-8-6-4-2/h41,43,53-60,62,64-70H,3-40,42,44-52H2,1-2H3,(H,63,71)/b43-41+. The molecule has 0 aromatic heterocycles. The normalized spacial score (nSPS) is 19.9. The Bertz CT molecular complexity index is 1190. The second-order valence-corrected chi connectivity index (χ2v) is 22.5. The monoisotopic (exact) mass is 1040 g/mol. The number of carbonyl (C=O) groups is 1. The summed E-state index contributed by atoms with van der Waals surface area (Å²) < 4.78 is 11.1. The second-order valence-electron chi connectivity index (χ2n) is 22.5. The molecule has 1 fully saturated rings. The fourth-order valence-electron chi connectivity index (χ4n) is 10.4. The van der Waals surface area contributed by atoms with Crippen LogP contribution in [-0.2, 0) is 14.3 Å². The first-order chi connectivity index (χ1) is 35.7. The number of aliphatic hydroxyl groups is 7. The van der Waals surface area contributed by atoms with Gasteiger partial charge in [-0.15, -0.1) is 0 Å². The van der Waals surface area contributed by atoms with Crippen LogP contribution >= 0.6 is 0 Å². The highest BCUT2D eigenvalue weighted by Gasteiger charge is 2.44. The summed E-state index contributed by atoms with van der Waals surface area (Å²) >= 11 is 0. The van der Waals surface area contributed by atoms with E-state index >= 15 is 0 Å². The predicted molar refractivity (Wildman–Crippen MR) is 303 cm³/mol. The van der Waals surface area contributed by atoms with Crippen molar-refractivity contribution in [3.63, 3.8) is 0 Å². The lowest BCUT2D eigenvalue weighted by Crippen LogP contribution is -2.60. The maximum Gasteiger partial charge on any atom is 0.249 e. The molecule has 1 rings (SSSR count). The molecule has 11 nitrogen and oxygen atoms in total. The van der Waals surface area contributed by atoms with Gasteiger partial charge in [0.2, 0.25) is 5.91 Å². The lowest BCUT2D eigenvalue weighted by atomic mass is 9.98. The molecule has 1 amide bonds. The molecule has 9 atom stereocenters. The van der Waals surface area contributed by atoms with Crippen LogP contribution in [0.15, 0.2) is 12.2 Å². The van der Waals surface area contributed by atoms with E-state index in [-0.39, 0.29) is 12.8 Å². The Hall–Kier alpha value is -1.15. The Kier molecular flexibility index (Phi) is 49.4. The summed E-state index contributed by atoms with van der Waals surface area (Å²) in [6.45, 7) is 3.48. The van der Waals surface area contributed by atoms with Gasteiger partial charge in [-0.3, -0.25) is 4.79 Å². The zero-order valence-corrected chi connectivity index (χ0v) is 47.6. The van der Waals surface area contributed by atoms with Crippen molar-refractivity contribution in [3.05, 3.63) is 12.2 Å². The smallest absolute Gasteiger partial charge is 0.249 e. The van der Waals surface area contributed by atoms with Crippen LogP contribution in [0, 0.1) is 0 Å². The van der Waals surface area contributed by atoms with Crippen molar-refractivity contribution < 1.29 is 50.0 Å². The van der Waals surface area contributed by atoms with Crippen molar-refractivity contribution in [1.82, 2.24) is 5.32 Å². The largest absolute Gasteiger partial charge is 0.394 e. The molecule has 0 aromatic rings. The fourth-order valence-corrected chi connectivity index (χ4v) is 10.4. The molecule has 11 heteroatoms. The number of aliphatic hydroxyl groups excluding tert-OH is 7. The minimum absolute atomic E-state index is 0.260. The first-order valence-electron chi connectivity index (χ1n) is 31.6. The summed E-state index contributed by atoms with van der Waals surface area (Å²) in [6.07, 6.45) is 50.0. The van der Waals surface area contributed by atoms with E-state index in [1.54, 1.807) is 0 Å². The third-order valence-electron chi connectivity index (χ3n) is 15.6. The molecule has 0 aliphatic carbocycles. The zero-order chi connectivity index (χ0) is 53.3. The number of hydrogen-bond acceptors (Lipinski definition) is 10. The van der Waals surface area contributed by atoms with Gasteiger partial charge in [-0.05, 0) is 38.5 Å². The number of unbranched alkanes of at least 4 members (excludes halogenated alkanes) is 41. The van der Waals surface area contributed by atoms with Crippen molar-refractivity contribution in [2.75, 3.05) is 13.2 Å². The van der Waals surface area contributed by atoms with Crippen molar-refractivity contribution in [2.24, 2.45) is 0 Å². The maximum atomic E-state index is 13.2. The van der Waals surface area contributed by atoms with Gasteiger partial charge in [0.15, 0.2) is 6.29 Å². The maximum absolute atomic E-state index is 13.2. The second kappa shape index (κ2) is 51.6. The number of allylic oxidation sites excluding steroid dienone is 2. The van der Waals surface area contributed by atoms with Gasteiger partial charge >= 0.3 is 0 Å². The predicted octanol–water partition coefficient (Wildman–Crippen LogP) is 13.9. The van der Waals surface area contributed by atoms with Gasteiger partial charge in [0.25, 0.3) is 0 Å². The van der Waals surface area contributed by atoms with Gasteiger partial charge < -0.3 is 50.5 Å². The third-order valence-corrected chi connectivity index (χ3v) is 15.6. The van der Waals surface area contributed by atoms with E-state index in [1.807, 2.05) is 0 Å². The van der Waals surface area contributed by atoms with Crippen molar-refractivity contribution in [1.29, 1.82) is 0 Å². The molecule has 1 saturated heterocycles. The van der Waals surface area contributed by atoms with Gasteiger partial charge in [0, 0.05) is 0 Å². The van der Waals surface area contributed by atoms with Crippen molar-refractivity contribution in [2.45, 2.75) is 364 Å². The highest BCUT2D eigenvalue weighted by atomic mass is 16.7. The number of carbonyl (C=O) groups excluding carboxylic acids is 1. The molecule has 0 spiro atoms. The Labute approximate surface area is 449 Å². The number of nitrogens with one attached hydrogen (secondary N) is 1. The van der Waals surface area contributed by atoms with Crippen LogP contribution < -0.4 is 5.32 Å². The first-order valence-corrected chi connectivity index (χ1v) is 31.6. The lowest BCUT2D eigenvalue weighted by molar-refractivity contribution is -0.303. The third kappa shape index (κ3) is 39.8. The molecule has 0 aromatic carbocycles. The van der Waals surface area contributed by atoms with E-state index in [0.29, 0.717) is 12.8 Å². The average molecular weight is 1040 g/mol. The van der Waals surface area contributed by atoms with Crippen LogP contribution in [0.2, 0.25) is 0 Å². The molecular formula is C62H121NO10. The molecule has 0 bridgehead atoms. The number of amides is 1. The molecule has 0 radical (unpaired) electrons. The van der Waals surface area contributed by atoms with E-state index in [2.05, 4.69) is 31.3 Å². The molecule has 0 saturated carbocycles. The Balaban J connectivity index is 2.22. The van der Waals surface area contributed by atoms with Crippen molar-refractivity contribution >= 4 is 5.91 Å². The molecule has 1 heterocycles. The minimum Gasteiger partial charge on any atom is -0.394 e. The summed E-state index contributed by atoms with van der Waals surface area (Å²) in [5, 5.41) is 76.2. The molecule has 1 aliphatic heterocycles. The molecular weight excluding hydrogens is 919 g/mol. The summed E-state index contributed by atoms with van der Waals surface area (Å²) in [7, 11) is 0. The van der Waals surface area contributed by atoms with Crippen molar-refractivity contribution in [3.8, 4) is 0 Å². The van der Waals surface area contributed by atoms with E-state index < -0.39 is 74.2 Å². The highest BCUT2D eigenvalue weighted by molar-refractivity contribution is 5.80. The minimum atomic E-state index is -1.67. The fraction of sp³-hybridized carbons (Fsp3) is 0.952. The quantitative estimate of drug-likeness (QED) is 0.0215. The van der Waals surface area contributed by atoms with E-state index in [1.165, 1.54) is 231 Å². The highest BCUT2D eigenvalue weighted by Crippen LogP contribution is 2.24. The van der Waals surface area contributed by atoms with E-state index in [9.17, 15) is 40.5 Å². The Morgan fingerprint density at radius 2 is 0.808 bits per heavy atom. The van der Waals surface area contributed by atoms with Crippen LogP contribution in [0.3, 0.4) is 0 Å². The van der Waals surface area contributed by atoms with Gasteiger partial charge in [0.05, 0.1) is 25.4 Å². The SMILES string of the molecule is CCCCCCCCCCCCCC/C=C/CCCC(O)C(O)C(COC1OC(CO)C(O)C(O)C1O)NC(=O)C(O)CCCCCCCCCCCCCCCCCCCCCCCCCCCCCCC. The first kappa shape index (κ1) is 69.9. The summed E-state index contributed by atoms with van der Waals surface area (Å²) in [5.74, 6) is -0.699. The van der Waals surface area contributed by atoms with E-state index in [0.717, 1.165) is 38.5 Å². The molecule has 73 heavy (non-hydrogen) atoms. The van der Waals surface area contributed by atoms with Crippen LogP contribution in [0.25, 0.3) is 0 Å². The molecule has 8 N–H and O–H groups in total. The summed E-state index contributed by atoms with van der Waals surface area (Å²) in [4.78, 5) is 13.2. The lowest BCUT2D eigenvalue weighted by Gasteiger charge is -2.40. The Morgan fingerprint density at radius 1 is 0.466 bits per heavy atom. The average Bonchev–Trinajstić information content (AvgIpc) is 3.39. The number of hydrogen-bond donors (Lipinski definition) is 8. The van der Waals surface area contributed by atoms with Crippen LogP contribution in [0.4, 0.5) is 0 Å². The van der Waals surface area contributed by atoms with Crippen LogP contribution in [-0.4, -0.2) is 110 Å². The molecule has 434 valence electrons. The summed E-state index contributed by atoms with van der Waals surface area (Å²) in [5.41, 5.74) is 0. The van der Waals surface area contributed by atoms with Gasteiger partial charge in [-0.25, -0.2) is 0 Å². The Morgan fingerprint density at radius 3 is 1.18 bits per heavy atom. The van der Waals surface area contributed by atoms with Gasteiger partial charge in [-0.1, -0.05) is 283 Å².